The van der Waals surface area contributed by atoms with Crippen LogP contribution in [0.3, 0.4) is 0 Å². The summed E-state index contributed by atoms with van der Waals surface area (Å²) in [7, 11) is -0.200. The second kappa shape index (κ2) is 9.35. The van der Waals surface area contributed by atoms with Gasteiger partial charge in [0.2, 0.25) is 15.9 Å². The molecule has 3 aromatic rings. The largest absolute Gasteiger partial charge is 0.474 e. The van der Waals surface area contributed by atoms with Gasteiger partial charge < -0.3 is 20.3 Å². The number of aromatic nitrogens is 2. The van der Waals surface area contributed by atoms with Crippen LogP contribution in [0.1, 0.15) is 22.3 Å². The molecule has 0 saturated heterocycles. The molecule has 1 aromatic carbocycles. The predicted molar refractivity (Wildman–Crippen MR) is 138 cm³/mol. The fourth-order valence-corrected chi connectivity index (χ4v) is 5.29. The fraction of sp³-hybridized carbons (Fsp3) is 0.360. The molecule has 0 spiro atoms. The Morgan fingerprint density at radius 3 is 2.71 bits per heavy atom. The van der Waals surface area contributed by atoms with Crippen LogP contribution in [0.15, 0.2) is 42.7 Å². The molecule has 35 heavy (non-hydrogen) atoms. The number of sulfonamides is 1. The van der Waals surface area contributed by atoms with Crippen LogP contribution in [0.5, 0.6) is 5.88 Å². The molecular formula is C25H30N6O3S. The summed E-state index contributed by atoms with van der Waals surface area (Å²) in [5.41, 5.74) is 7.33. The van der Waals surface area contributed by atoms with Crippen LogP contribution >= 0.6 is 0 Å². The topological polar surface area (TPSA) is 99.7 Å². The quantitative estimate of drug-likeness (QED) is 0.539. The molecule has 184 valence electrons. The van der Waals surface area contributed by atoms with Crippen molar-refractivity contribution in [3.8, 4) is 5.88 Å². The van der Waals surface area contributed by atoms with Crippen molar-refractivity contribution in [2.24, 2.45) is 0 Å². The number of pyridine rings is 2. The highest BCUT2D eigenvalue weighted by molar-refractivity contribution is 7.88. The predicted octanol–water partition coefficient (Wildman–Crippen LogP) is 3.29. The summed E-state index contributed by atoms with van der Waals surface area (Å²) in [4.78, 5) is 11.5. The van der Waals surface area contributed by atoms with Gasteiger partial charge in [-0.3, -0.25) is 0 Å². The third kappa shape index (κ3) is 4.89. The molecule has 2 aromatic heterocycles. The number of anilines is 4. The Balaban J connectivity index is 1.31. The number of rotatable bonds is 6. The van der Waals surface area contributed by atoms with Crippen LogP contribution in [0.2, 0.25) is 0 Å². The Bertz CT molecular complexity index is 1340. The molecule has 0 amide bonds. The Morgan fingerprint density at radius 1 is 1.14 bits per heavy atom. The molecule has 2 N–H and O–H groups in total. The van der Waals surface area contributed by atoms with Crippen molar-refractivity contribution in [2.75, 3.05) is 49.3 Å². The van der Waals surface area contributed by atoms with E-state index in [0.717, 1.165) is 60.1 Å². The minimum atomic E-state index is -3.29. The highest BCUT2D eigenvalue weighted by Crippen LogP contribution is 2.36. The number of hydrogen-bond acceptors (Lipinski definition) is 8. The summed E-state index contributed by atoms with van der Waals surface area (Å²) < 4.78 is 31.1. The van der Waals surface area contributed by atoms with Gasteiger partial charge in [0.25, 0.3) is 0 Å². The molecule has 0 bridgehead atoms. The molecule has 10 heteroatoms. The second-order valence-electron chi connectivity index (χ2n) is 9.09. The van der Waals surface area contributed by atoms with E-state index >= 15 is 0 Å². The first-order valence-corrected chi connectivity index (χ1v) is 13.3. The molecule has 0 saturated carbocycles. The minimum Gasteiger partial charge on any atom is -0.474 e. The molecular weight excluding hydrogens is 464 g/mol. The van der Waals surface area contributed by atoms with Crippen molar-refractivity contribution in [3.05, 3.63) is 65.0 Å². The maximum absolute atomic E-state index is 12.1. The average Bonchev–Trinajstić information content (AvgIpc) is 2.85. The zero-order chi connectivity index (χ0) is 24.6. The summed E-state index contributed by atoms with van der Waals surface area (Å²) in [6, 6.07) is 9.51. The summed E-state index contributed by atoms with van der Waals surface area (Å²) in [6.45, 7) is 5.21. The molecule has 0 aliphatic carbocycles. The number of nitrogens with one attached hydrogen (secondary N) is 2. The Morgan fingerprint density at radius 2 is 1.94 bits per heavy atom. The third-order valence-electron chi connectivity index (χ3n) is 6.49. The molecule has 0 unspecified atom stereocenters. The van der Waals surface area contributed by atoms with Crippen LogP contribution in [0.4, 0.5) is 22.9 Å². The van der Waals surface area contributed by atoms with E-state index in [1.165, 1.54) is 15.4 Å². The van der Waals surface area contributed by atoms with Crippen LogP contribution in [0.25, 0.3) is 0 Å². The van der Waals surface area contributed by atoms with Gasteiger partial charge in [-0.25, -0.2) is 22.7 Å². The number of ether oxygens (including phenoxy) is 1. The lowest BCUT2D eigenvalue weighted by Crippen LogP contribution is -2.32. The van der Waals surface area contributed by atoms with Crippen molar-refractivity contribution < 1.29 is 13.2 Å². The summed E-state index contributed by atoms with van der Waals surface area (Å²) in [6.07, 6.45) is 4.77. The molecule has 2 aliphatic heterocycles. The van der Waals surface area contributed by atoms with Crippen molar-refractivity contribution in [1.29, 1.82) is 0 Å². The smallest absolute Gasteiger partial charge is 0.237 e. The zero-order valence-electron chi connectivity index (χ0n) is 20.2. The summed E-state index contributed by atoms with van der Waals surface area (Å²) in [5, 5.41) is 6.76. The second-order valence-corrected chi connectivity index (χ2v) is 11.3. The zero-order valence-corrected chi connectivity index (χ0v) is 21.0. The van der Waals surface area contributed by atoms with E-state index in [9.17, 15) is 8.42 Å². The molecule has 0 fully saturated rings. The van der Waals surface area contributed by atoms with E-state index in [1.807, 2.05) is 36.7 Å². The van der Waals surface area contributed by atoms with Gasteiger partial charge in [-0.2, -0.15) is 0 Å². The standard InChI is InChI=1S/C25H30N6O3S/c1-17-22(14-28-25-24(17)26-9-11-34-25)31-10-8-19-13-27-23(12-20(19)15-31)29-21-6-4-18(5-7-21)16-35(32,33)30(2)3/h4-7,12-14,26H,8-11,15-16H2,1-3H3,(H,27,29). The van der Waals surface area contributed by atoms with Crippen LogP contribution < -0.4 is 20.3 Å². The number of benzene rings is 1. The maximum Gasteiger partial charge on any atom is 0.237 e. The van der Waals surface area contributed by atoms with Gasteiger partial charge in [-0.1, -0.05) is 12.1 Å². The number of fused-ring (bicyclic) bond motifs is 2. The van der Waals surface area contributed by atoms with E-state index in [-0.39, 0.29) is 5.75 Å². The Labute approximate surface area is 206 Å². The molecule has 0 radical (unpaired) electrons. The van der Waals surface area contributed by atoms with Gasteiger partial charge in [-0.15, -0.1) is 0 Å². The van der Waals surface area contributed by atoms with Crippen molar-refractivity contribution >= 4 is 32.9 Å². The van der Waals surface area contributed by atoms with E-state index in [0.29, 0.717) is 12.5 Å². The van der Waals surface area contributed by atoms with E-state index < -0.39 is 10.0 Å². The van der Waals surface area contributed by atoms with Crippen molar-refractivity contribution in [2.45, 2.75) is 25.6 Å². The highest BCUT2D eigenvalue weighted by atomic mass is 32.2. The lowest BCUT2D eigenvalue weighted by molar-refractivity contribution is 0.310. The van der Waals surface area contributed by atoms with Crippen molar-refractivity contribution in [3.63, 3.8) is 0 Å². The Hall–Kier alpha value is -3.37. The van der Waals surface area contributed by atoms with Gasteiger partial charge in [0.1, 0.15) is 18.1 Å². The monoisotopic (exact) mass is 494 g/mol. The minimum absolute atomic E-state index is 0.0220. The lowest BCUT2D eigenvalue weighted by atomic mass is 10.0. The first-order valence-electron chi connectivity index (χ1n) is 11.7. The van der Waals surface area contributed by atoms with Gasteiger partial charge >= 0.3 is 0 Å². The summed E-state index contributed by atoms with van der Waals surface area (Å²) in [5.74, 6) is 1.41. The summed E-state index contributed by atoms with van der Waals surface area (Å²) >= 11 is 0. The first-order chi connectivity index (χ1) is 16.8. The molecule has 2 aliphatic rings. The number of hydrogen-bond donors (Lipinski definition) is 2. The van der Waals surface area contributed by atoms with Crippen LogP contribution in [-0.4, -0.2) is 56.5 Å². The molecule has 5 rings (SSSR count). The first kappa shape index (κ1) is 23.4. The fourth-order valence-electron chi connectivity index (χ4n) is 4.41. The normalized spacial score (nSPS) is 15.1. The lowest BCUT2D eigenvalue weighted by Gasteiger charge is -2.33. The Kier molecular flexibility index (Phi) is 6.24. The van der Waals surface area contributed by atoms with Crippen LogP contribution in [0, 0.1) is 6.92 Å². The van der Waals surface area contributed by atoms with Gasteiger partial charge in [0.05, 0.1) is 17.6 Å². The average molecular weight is 495 g/mol. The van der Waals surface area contributed by atoms with E-state index in [1.54, 1.807) is 14.1 Å². The molecule has 0 atom stereocenters. The van der Waals surface area contributed by atoms with Gasteiger partial charge in [0.15, 0.2) is 0 Å². The van der Waals surface area contributed by atoms with Crippen molar-refractivity contribution in [1.82, 2.24) is 14.3 Å². The van der Waals surface area contributed by atoms with E-state index in [4.69, 9.17) is 4.74 Å². The van der Waals surface area contributed by atoms with Gasteiger partial charge in [0, 0.05) is 51.2 Å². The third-order valence-corrected chi connectivity index (χ3v) is 8.30. The molecule has 4 heterocycles. The van der Waals surface area contributed by atoms with Gasteiger partial charge in [-0.05, 0) is 48.2 Å². The highest BCUT2D eigenvalue weighted by Gasteiger charge is 2.23. The maximum atomic E-state index is 12.1. The number of nitrogens with zero attached hydrogens (tertiary/aromatic N) is 4. The van der Waals surface area contributed by atoms with E-state index in [2.05, 4.69) is 38.5 Å². The SMILES string of the molecule is Cc1c(N2CCc3cnc(Nc4ccc(CS(=O)(=O)N(C)C)cc4)cc3C2)cnc2c1NCCO2. The molecule has 9 nitrogen and oxygen atoms in total. The van der Waals surface area contributed by atoms with Crippen LogP contribution in [-0.2, 0) is 28.7 Å².